The number of anilines is 1. The topological polar surface area (TPSA) is 63.4 Å². The third kappa shape index (κ3) is 5.43. The molecule has 0 radical (unpaired) electrons. The largest absolute Gasteiger partial charge is 0.374 e. The molecule has 2 atom stereocenters. The summed E-state index contributed by atoms with van der Waals surface area (Å²) in [6.07, 6.45) is 10.2. The van der Waals surface area contributed by atoms with E-state index in [1.165, 1.54) is 25.8 Å². The van der Waals surface area contributed by atoms with Crippen LogP contribution in [-0.2, 0) is 4.74 Å². The van der Waals surface area contributed by atoms with Gasteiger partial charge in [0, 0.05) is 19.2 Å². The fourth-order valence-electron chi connectivity index (χ4n) is 6.98. The summed E-state index contributed by atoms with van der Waals surface area (Å²) < 4.78 is 37.4. The highest BCUT2D eigenvalue weighted by Gasteiger charge is 2.40. The average Bonchev–Trinajstić information content (AvgIpc) is 3.71. The number of alkyl halides is 2. The highest BCUT2D eigenvalue weighted by molar-refractivity contribution is 5.50. The lowest BCUT2D eigenvalue weighted by atomic mass is 9.85. The Morgan fingerprint density at radius 1 is 1.11 bits per heavy atom. The van der Waals surface area contributed by atoms with Gasteiger partial charge in [0.05, 0.1) is 37.2 Å². The van der Waals surface area contributed by atoms with Crippen LogP contribution in [0.4, 0.5) is 14.6 Å². The van der Waals surface area contributed by atoms with Crippen molar-refractivity contribution < 1.29 is 13.5 Å². The van der Waals surface area contributed by atoms with Gasteiger partial charge in [0.15, 0.2) is 5.69 Å². The fraction of sp³-hybridized carbons (Fsp3) is 0.778. The molecule has 1 saturated carbocycles. The molecule has 5 heterocycles. The van der Waals surface area contributed by atoms with E-state index in [4.69, 9.17) is 4.74 Å². The van der Waals surface area contributed by atoms with Crippen molar-refractivity contribution in [1.82, 2.24) is 29.8 Å². The van der Waals surface area contributed by atoms with Crippen molar-refractivity contribution in [2.24, 2.45) is 11.8 Å². The van der Waals surface area contributed by atoms with E-state index in [9.17, 15) is 8.78 Å². The van der Waals surface area contributed by atoms with Crippen LogP contribution in [0.25, 0.3) is 5.69 Å². The first-order valence-electron chi connectivity index (χ1n) is 14.2. The molecule has 2 aromatic rings. The number of aromatic nitrogens is 4. The molecule has 1 N–H and O–H groups in total. The molecule has 2 bridgehead atoms. The number of piperidine rings is 1. The minimum Gasteiger partial charge on any atom is -0.374 e. The Kier molecular flexibility index (Phi) is 7.49. The second-order valence-corrected chi connectivity index (χ2v) is 11.7. The summed E-state index contributed by atoms with van der Waals surface area (Å²) in [4.78, 5) is 4.75. The predicted octanol–water partition coefficient (Wildman–Crippen LogP) is 4.04. The molecule has 10 heteroatoms. The van der Waals surface area contributed by atoms with Gasteiger partial charge >= 0.3 is 0 Å². The Bertz CT molecular complexity index is 1030. The van der Waals surface area contributed by atoms with Crippen molar-refractivity contribution in [3.05, 3.63) is 24.2 Å². The standard InChI is InChI=1S/C27H41F2N7O/c1-33(13-9-19-6-10-30-11-7-19)15-20-2-4-21(5-3-20)35-17-24(26(32-35)27(28)29)36-25(8-12-31-36)34-16-23-14-22(34)18-37-23/h8,12,17,19-23,27,30H,2-7,9-11,13-16,18H2,1H3/t20?,21?,22-,23-/m1/s1. The number of hydrogen-bond donors (Lipinski definition) is 1. The van der Waals surface area contributed by atoms with Crippen LogP contribution in [0.1, 0.15) is 69.5 Å². The second-order valence-electron chi connectivity index (χ2n) is 11.7. The quantitative estimate of drug-likeness (QED) is 0.542. The van der Waals surface area contributed by atoms with Crippen LogP contribution in [-0.4, -0.2) is 83.0 Å². The van der Waals surface area contributed by atoms with Crippen molar-refractivity contribution in [2.45, 2.75) is 76.0 Å². The molecule has 6 rings (SSSR count). The molecule has 3 saturated heterocycles. The monoisotopic (exact) mass is 517 g/mol. The van der Waals surface area contributed by atoms with E-state index >= 15 is 0 Å². The number of rotatable bonds is 9. The van der Waals surface area contributed by atoms with E-state index in [1.807, 2.05) is 6.07 Å². The van der Waals surface area contributed by atoms with Gasteiger partial charge in [-0.2, -0.15) is 10.2 Å². The van der Waals surface area contributed by atoms with Crippen LogP contribution in [0, 0.1) is 11.8 Å². The highest BCUT2D eigenvalue weighted by Crippen LogP contribution is 2.37. The van der Waals surface area contributed by atoms with E-state index in [2.05, 4.69) is 32.4 Å². The SMILES string of the molecule is CN(CCC1CCNCC1)CC1CCC(n2cc(-n3nccc3N3C[C@H]4C[C@@H]3CO4)c(C(F)F)n2)CC1. The molecule has 204 valence electrons. The first-order chi connectivity index (χ1) is 18.0. The lowest BCUT2D eigenvalue weighted by Gasteiger charge is -2.32. The maximum atomic E-state index is 14.1. The molecule has 4 aliphatic rings. The van der Waals surface area contributed by atoms with E-state index in [0.717, 1.165) is 70.0 Å². The number of ether oxygens (including phenoxy) is 1. The third-order valence-corrected chi connectivity index (χ3v) is 9.13. The molecule has 4 fully saturated rings. The summed E-state index contributed by atoms with van der Waals surface area (Å²) in [6.45, 7) is 6.09. The minimum absolute atomic E-state index is 0.165. The smallest absolute Gasteiger partial charge is 0.284 e. The van der Waals surface area contributed by atoms with Gasteiger partial charge in [-0.05, 0) is 89.9 Å². The molecule has 2 aromatic heterocycles. The van der Waals surface area contributed by atoms with Crippen molar-refractivity contribution >= 4 is 5.82 Å². The maximum Gasteiger partial charge on any atom is 0.284 e. The first kappa shape index (κ1) is 25.2. The van der Waals surface area contributed by atoms with Crippen molar-refractivity contribution in [2.75, 3.05) is 51.3 Å². The number of hydrogen-bond acceptors (Lipinski definition) is 6. The van der Waals surface area contributed by atoms with Gasteiger partial charge in [0.2, 0.25) is 0 Å². The van der Waals surface area contributed by atoms with Crippen molar-refractivity contribution in [1.29, 1.82) is 0 Å². The summed E-state index contributed by atoms with van der Waals surface area (Å²) in [5.41, 5.74) is 0.226. The Morgan fingerprint density at radius 2 is 1.92 bits per heavy atom. The summed E-state index contributed by atoms with van der Waals surface area (Å²) in [5.74, 6) is 2.39. The Morgan fingerprint density at radius 3 is 2.62 bits per heavy atom. The van der Waals surface area contributed by atoms with Gasteiger partial charge in [-0.15, -0.1) is 0 Å². The number of nitrogens with zero attached hydrogens (tertiary/aromatic N) is 6. The normalized spacial score (nSPS) is 28.7. The average molecular weight is 518 g/mol. The zero-order valence-electron chi connectivity index (χ0n) is 21.9. The molecule has 8 nitrogen and oxygen atoms in total. The van der Waals surface area contributed by atoms with E-state index in [1.54, 1.807) is 21.8 Å². The fourth-order valence-corrected chi connectivity index (χ4v) is 6.98. The summed E-state index contributed by atoms with van der Waals surface area (Å²) in [6, 6.07) is 2.37. The van der Waals surface area contributed by atoms with Crippen LogP contribution >= 0.6 is 0 Å². The van der Waals surface area contributed by atoms with Crippen molar-refractivity contribution in [3.8, 4) is 5.69 Å². The van der Waals surface area contributed by atoms with Crippen LogP contribution in [0.2, 0.25) is 0 Å². The lowest BCUT2D eigenvalue weighted by molar-refractivity contribution is 0.0987. The van der Waals surface area contributed by atoms with E-state index < -0.39 is 6.43 Å². The highest BCUT2D eigenvalue weighted by atomic mass is 19.3. The molecular weight excluding hydrogens is 476 g/mol. The summed E-state index contributed by atoms with van der Waals surface area (Å²) in [7, 11) is 2.25. The molecule has 0 aromatic carbocycles. The summed E-state index contributed by atoms with van der Waals surface area (Å²) in [5, 5.41) is 12.3. The Hall–Kier alpha value is -2.04. The molecular formula is C27H41F2N7O. The molecule has 1 aliphatic carbocycles. The second kappa shape index (κ2) is 11.0. The number of morpholine rings is 1. The van der Waals surface area contributed by atoms with Gasteiger partial charge < -0.3 is 19.9 Å². The first-order valence-corrected chi connectivity index (χ1v) is 14.2. The number of nitrogens with one attached hydrogen (secondary N) is 1. The van der Waals surface area contributed by atoms with Gasteiger partial charge in [-0.25, -0.2) is 13.5 Å². The number of halogens is 2. The van der Waals surface area contributed by atoms with Crippen LogP contribution in [0.5, 0.6) is 0 Å². The van der Waals surface area contributed by atoms with Crippen LogP contribution in [0.15, 0.2) is 18.5 Å². The van der Waals surface area contributed by atoms with Crippen LogP contribution in [0.3, 0.4) is 0 Å². The molecule has 0 spiro atoms. The molecule has 0 unspecified atom stereocenters. The zero-order chi connectivity index (χ0) is 25.4. The van der Waals surface area contributed by atoms with Gasteiger partial charge in [0.1, 0.15) is 11.5 Å². The Labute approximate surface area is 218 Å². The van der Waals surface area contributed by atoms with Gasteiger partial charge in [-0.3, -0.25) is 4.68 Å². The Balaban J connectivity index is 1.08. The maximum absolute atomic E-state index is 14.1. The van der Waals surface area contributed by atoms with Crippen LogP contribution < -0.4 is 10.2 Å². The molecule has 37 heavy (non-hydrogen) atoms. The predicted molar refractivity (Wildman–Crippen MR) is 138 cm³/mol. The van der Waals surface area contributed by atoms with Crippen molar-refractivity contribution in [3.63, 3.8) is 0 Å². The summed E-state index contributed by atoms with van der Waals surface area (Å²) >= 11 is 0. The zero-order valence-corrected chi connectivity index (χ0v) is 21.9. The lowest BCUT2D eigenvalue weighted by Crippen LogP contribution is -2.38. The third-order valence-electron chi connectivity index (χ3n) is 9.13. The molecule has 3 aliphatic heterocycles. The number of fused-ring (bicyclic) bond motifs is 2. The minimum atomic E-state index is -2.64. The van der Waals surface area contributed by atoms with E-state index in [0.29, 0.717) is 24.3 Å². The van der Waals surface area contributed by atoms with E-state index in [-0.39, 0.29) is 17.8 Å². The van der Waals surface area contributed by atoms with Gasteiger partial charge in [0.25, 0.3) is 6.43 Å². The van der Waals surface area contributed by atoms with Gasteiger partial charge in [-0.1, -0.05) is 0 Å². The molecule has 0 amide bonds.